The molecule has 0 spiro atoms. The van der Waals surface area contributed by atoms with E-state index >= 15 is 0 Å². The van der Waals surface area contributed by atoms with Gasteiger partial charge < -0.3 is 9.47 Å². The number of benzene rings is 2. The van der Waals surface area contributed by atoms with Crippen molar-refractivity contribution in [2.45, 2.75) is 20.3 Å². The van der Waals surface area contributed by atoms with E-state index in [0.717, 1.165) is 0 Å². The summed E-state index contributed by atoms with van der Waals surface area (Å²) in [4.78, 5) is 22.5. The van der Waals surface area contributed by atoms with E-state index in [2.05, 4.69) is 26.5 Å². The first-order valence-corrected chi connectivity index (χ1v) is 9.38. The summed E-state index contributed by atoms with van der Waals surface area (Å²) >= 11 is 3.44. The van der Waals surface area contributed by atoms with Crippen molar-refractivity contribution in [1.29, 1.82) is 0 Å². The molecule has 2 aromatic rings. The van der Waals surface area contributed by atoms with Crippen molar-refractivity contribution in [3.63, 3.8) is 0 Å². The van der Waals surface area contributed by atoms with Crippen LogP contribution >= 0.6 is 15.9 Å². The fraction of sp³-hybridized carbons (Fsp3) is 0.263. The van der Waals surface area contributed by atoms with Crippen LogP contribution in [-0.2, 0) is 11.2 Å². The van der Waals surface area contributed by atoms with Gasteiger partial charge in [-0.3, -0.25) is 14.9 Å². The highest BCUT2D eigenvalue weighted by atomic mass is 79.9. The maximum atomic E-state index is 12.1. The Hall–Kier alpha value is -2.94. The number of nitro groups is 1. The molecule has 0 heterocycles. The first-order valence-electron chi connectivity index (χ1n) is 8.59. The summed E-state index contributed by atoms with van der Waals surface area (Å²) in [5.41, 5.74) is 3.29. The van der Waals surface area contributed by atoms with Crippen LogP contribution < -0.4 is 14.9 Å². The number of hydrogen-bond donors (Lipinski definition) is 1. The van der Waals surface area contributed by atoms with Gasteiger partial charge in [0.2, 0.25) is 5.91 Å². The number of carbonyl (C=O) groups excluding carboxylic acids is 1. The third-order valence-corrected chi connectivity index (χ3v) is 4.15. The Labute approximate surface area is 170 Å². The van der Waals surface area contributed by atoms with E-state index in [1.54, 1.807) is 30.3 Å². The molecule has 0 fully saturated rings. The second-order valence-electron chi connectivity index (χ2n) is 5.55. The first kappa shape index (κ1) is 21.4. The second-order valence-corrected chi connectivity index (χ2v) is 6.41. The van der Waals surface area contributed by atoms with E-state index in [9.17, 15) is 14.9 Å². The molecule has 148 valence electrons. The standard InChI is InChI=1S/C19H20BrN3O5/c1-3-27-17-10-13(9-15(20)19(17)28-4-2)12-21-22-18(24)11-14-7-5-6-8-16(14)23(25)26/h5-10,12H,3-4,11H2,1-2H3,(H,22,24)/b21-12+. The fourth-order valence-electron chi connectivity index (χ4n) is 2.44. The van der Waals surface area contributed by atoms with Crippen LogP contribution in [0.3, 0.4) is 0 Å². The average molecular weight is 450 g/mol. The smallest absolute Gasteiger partial charge is 0.273 e. The molecular formula is C19H20BrN3O5. The highest BCUT2D eigenvalue weighted by molar-refractivity contribution is 9.10. The second kappa shape index (κ2) is 10.4. The summed E-state index contributed by atoms with van der Waals surface area (Å²) in [5, 5.41) is 14.9. The Kier molecular flexibility index (Phi) is 7.94. The maximum Gasteiger partial charge on any atom is 0.273 e. The number of carbonyl (C=O) groups is 1. The fourth-order valence-corrected chi connectivity index (χ4v) is 3.01. The number of ether oxygens (including phenoxy) is 2. The van der Waals surface area contributed by atoms with E-state index in [-0.39, 0.29) is 12.1 Å². The van der Waals surface area contributed by atoms with E-state index in [1.165, 1.54) is 12.3 Å². The molecule has 9 heteroatoms. The predicted molar refractivity (Wildman–Crippen MR) is 109 cm³/mol. The molecule has 1 amide bonds. The molecule has 8 nitrogen and oxygen atoms in total. The van der Waals surface area contributed by atoms with Gasteiger partial charge in [-0.1, -0.05) is 18.2 Å². The number of hydrazone groups is 1. The number of hydrogen-bond acceptors (Lipinski definition) is 6. The molecule has 2 aromatic carbocycles. The molecular weight excluding hydrogens is 430 g/mol. The Morgan fingerprint density at radius 2 is 1.96 bits per heavy atom. The molecule has 0 atom stereocenters. The predicted octanol–water partition coefficient (Wildman–Crippen LogP) is 3.85. The minimum absolute atomic E-state index is 0.0987. The normalized spacial score (nSPS) is 10.7. The zero-order valence-electron chi connectivity index (χ0n) is 15.5. The van der Waals surface area contributed by atoms with Gasteiger partial charge in [0.15, 0.2) is 11.5 Å². The summed E-state index contributed by atoms with van der Waals surface area (Å²) in [7, 11) is 0. The molecule has 28 heavy (non-hydrogen) atoms. The molecule has 2 rings (SSSR count). The molecule has 0 saturated carbocycles. The monoisotopic (exact) mass is 449 g/mol. The minimum atomic E-state index is -0.515. The Morgan fingerprint density at radius 1 is 1.25 bits per heavy atom. The topological polar surface area (TPSA) is 103 Å². The largest absolute Gasteiger partial charge is 0.490 e. The summed E-state index contributed by atoms with van der Waals surface area (Å²) < 4.78 is 11.9. The van der Waals surface area contributed by atoms with Crippen LogP contribution in [0.1, 0.15) is 25.0 Å². The van der Waals surface area contributed by atoms with Crippen molar-refractivity contribution in [2.75, 3.05) is 13.2 Å². The van der Waals surface area contributed by atoms with Crippen LogP contribution in [0.25, 0.3) is 0 Å². The molecule has 0 aromatic heterocycles. The zero-order valence-corrected chi connectivity index (χ0v) is 17.1. The van der Waals surface area contributed by atoms with Gasteiger partial charge in [0, 0.05) is 11.6 Å². The summed E-state index contributed by atoms with van der Waals surface area (Å²) in [6, 6.07) is 9.63. The van der Waals surface area contributed by atoms with Crippen LogP contribution in [0.15, 0.2) is 46.0 Å². The lowest BCUT2D eigenvalue weighted by Crippen LogP contribution is -2.20. The van der Waals surface area contributed by atoms with Crippen molar-refractivity contribution >= 4 is 33.7 Å². The van der Waals surface area contributed by atoms with Gasteiger partial charge in [0.1, 0.15) is 0 Å². The quantitative estimate of drug-likeness (QED) is 0.355. The summed E-state index contributed by atoms with van der Waals surface area (Å²) in [5.74, 6) is 0.703. The third kappa shape index (κ3) is 5.78. The maximum absolute atomic E-state index is 12.1. The van der Waals surface area contributed by atoms with Crippen LogP contribution in [0.4, 0.5) is 5.69 Å². The molecule has 0 bridgehead atoms. The van der Waals surface area contributed by atoms with Crippen LogP contribution in [0.5, 0.6) is 11.5 Å². The number of rotatable bonds is 9. The molecule has 0 unspecified atom stereocenters. The minimum Gasteiger partial charge on any atom is -0.490 e. The number of halogens is 1. The number of nitrogens with zero attached hydrogens (tertiary/aromatic N) is 2. The van der Waals surface area contributed by atoms with Crippen molar-refractivity contribution in [3.05, 3.63) is 62.1 Å². The Morgan fingerprint density at radius 3 is 2.64 bits per heavy atom. The number of amides is 1. The average Bonchev–Trinajstić information content (AvgIpc) is 2.65. The molecule has 1 N–H and O–H groups in total. The SMILES string of the molecule is CCOc1cc(/C=N/NC(=O)Cc2ccccc2[N+](=O)[O-])cc(Br)c1OCC. The number of nitro benzene ring substituents is 1. The van der Waals surface area contributed by atoms with Gasteiger partial charge in [-0.25, -0.2) is 5.43 Å². The van der Waals surface area contributed by atoms with Crippen molar-refractivity contribution in [3.8, 4) is 11.5 Å². The number of para-hydroxylation sites is 1. The van der Waals surface area contributed by atoms with Gasteiger partial charge >= 0.3 is 0 Å². The highest BCUT2D eigenvalue weighted by Crippen LogP contribution is 2.36. The van der Waals surface area contributed by atoms with Crippen LogP contribution in [0, 0.1) is 10.1 Å². The lowest BCUT2D eigenvalue weighted by Gasteiger charge is -2.13. The third-order valence-electron chi connectivity index (χ3n) is 3.56. The van der Waals surface area contributed by atoms with E-state index in [4.69, 9.17) is 9.47 Å². The van der Waals surface area contributed by atoms with Crippen molar-refractivity contribution in [1.82, 2.24) is 5.43 Å². The Balaban J connectivity index is 2.08. The number of nitrogens with one attached hydrogen (secondary N) is 1. The lowest BCUT2D eigenvalue weighted by molar-refractivity contribution is -0.385. The van der Waals surface area contributed by atoms with E-state index in [1.807, 2.05) is 13.8 Å². The molecule has 0 aliphatic carbocycles. The van der Waals surface area contributed by atoms with Crippen molar-refractivity contribution in [2.24, 2.45) is 5.10 Å². The molecule has 0 aliphatic heterocycles. The highest BCUT2D eigenvalue weighted by Gasteiger charge is 2.15. The van der Waals surface area contributed by atoms with Gasteiger partial charge in [0.25, 0.3) is 5.69 Å². The van der Waals surface area contributed by atoms with Gasteiger partial charge in [0.05, 0.1) is 35.2 Å². The Bertz CT molecular complexity index is 886. The summed E-state index contributed by atoms with van der Waals surface area (Å²) in [6.45, 7) is 4.71. The van der Waals surface area contributed by atoms with Crippen LogP contribution in [0.2, 0.25) is 0 Å². The molecule has 0 saturated heterocycles. The van der Waals surface area contributed by atoms with E-state index in [0.29, 0.717) is 40.3 Å². The van der Waals surface area contributed by atoms with Crippen LogP contribution in [-0.4, -0.2) is 30.3 Å². The lowest BCUT2D eigenvalue weighted by atomic mass is 10.1. The summed E-state index contributed by atoms with van der Waals surface area (Å²) in [6.07, 6.45) is 1.31. The zero-order chi connectivity index (χ0) is 20.5. The van der Waals surface area contributed by atoms with E-state index < -0.39 is 10.8 Å². The molecule has 0 radical (unpaired) electrons. The van der Waals surface area contributed by atoms with Gasteiger partial charge in [-0.15, -0.1) is 0 Å². The van der Waals surface area contributed by atoms with Crippen molar-refractivity contribution < 1.29 is 19.2 Å². The first-order chi connectivity index (χ1) is 13.5. The van der Waals surface area contributed by atoms with Gasteiger partial charge in [-0.05, 0) is 47.5 Å². The molecule has 0 aliphatic rings. The van der Waals surface area contributed by atoms with Gasteiger partial charge in [-0.2, -0.15) is 5.10 Å².